The average Bonchev–Trinajstić information content (AvgIpc) is 2.62. The third-order valence-electron chi connectivity index (χ3n) is 5.79. The van der Waals surface area contributed by atoms with Gasteiger partial charge in [-0.1, -0.05) is 37.5 Å². The number of nitrogens with zero attached hydrogens (tertiary/aromatic N) is 2. The molecule has 1 N–H and O–H groups in total. The van der Waals surface area contributed by atoms with E-state index in [9.17, 15) is 18.0 Å². The fraction of sp³-hybridized carbons (Fsp3) is 0.600. The normalized spacial score (nSPS) is 25.0. The van der Waals surface area contributed by atoms with Crippen LogP contribution in [0.5, 0.6) is 0 Å². The monoisotopic (exact) mass is 407 g/mol. The summed E-state index contributed by atoms with van der Waals surface area (Å²) in [6.45, 7) is 3.21. The van der Waals surface area contributed by atoms with E-state index in [-0.39, 0.29) is 25.0 Å². The van der Waals surface area contributed by atoms with E-state index in [0.29, 0.717) is 5.69 Å². The minimum absolute atomic E-state index is 0.0650. The molecule has 0 spiro atoms. The highest BCUT2D eigenvalue weighted by molar-refractivity contribution is 7.88. The van der Waals surface area contributed by atoms with Crippen molar-refractivity contribution in [1.29, 1.82) is 0 Å². The van der Waals surface area contributed by atoms with E-state index in [2.05, 4.69) is 5.32 Å². The molecule has 1 heterocycles. The van der Waals surface area contributed by atoms with Gasteiger partial charge in [-0.2, -0.15) is 4.31 Å². The first-order valence-corrected chi connectivity index (χ1v) is 11.6. The quantitative estimate of drug-likeness (QED) is 0.825. The van der Waals surface area contributed by atoms with Gasteiger partial charge < -0.3 is 5.32 Å². The maximum absolute atomic E-state index is 13.4. The van der Waals surface area contributed by atoms with Gasteiger partial charge in [0.1, 0.15) is 5.54 Å². The first-order valence-electron chi connectivity index (χ1n) is 9.78. The van der Waals surface area contributed by atoms with Crippen molar-refractivity contribution in [2.75, 3.05) is 24.2 Å². The number of rotatable bonds is 4. The molecule has 1 aromatic carbocycles. The Bertz CT molecular complexity index is 864. The lowest BCUT2D eigenvalue weighted by Gasteiger charge is -2.47. The maximum atomic E-state index is 13.4. The highest BCUT2D eigenvalue weighted by Crippen LogP contribution is 2.33. The molecule has 1 aliphatic carbocycles. The predicted molar refractivity (Wildman–Crippen MR) is 109 cm³/mol. The van der Waals surface area contributed by atoms with E-state index in [1.807, 2.05) is 25.1 Å². The zero-order chi connectivity index (χ0) is 20.5. The van der Waals surface area contributed by atoms with Gasteiger partial charge in [-0.15, -0.1) is 0 Å². The summed E-state index contributed by atoms with van der Waals surface area (Å²) in [4.78, 5) is 27.9. The number of aryl methyl sites for hydroxylation is 1. The van der Waals surface area contributed by atoms with Crippen molar-refractivity contribution < 1.29 is 18.0 Å². The van der Waals surface area contributed by atoms with Crippen molar-refractivity contribution in [3.63, 3.8) is 0 Å². The molecule has 1 saturated heterocycles. The second kappa shape index (κ2) is 7.83. The topological polar surface area (TPSA) is 86.8 Å². The van der Waals surface area contributed by atoms with E-state index in [0.717, 1.165) is 41.8 Å². The molecule has 0 radical (unpaired) electrons. The van der Waals surface area contributed by atoms with Gasteiger partial charge in [0.25, 0.3) is 0 Å². The second-order valence-corrected chi connectivity index (χ2v) is 10.1. The van der Waals surface area contributed by atoms with Gasteiger partial charge >= 0.3 is 0 Å². The number of piperazine rings is 1. The van der Waals surface area contributed by atoms with Crippen LogP contribution in [0.1, 0.15) is 44.6 Å². The lowest BCUT2D eigenvalue weighted by Crippen LogP contribution is -2.70. The van der Waals surface area contributed by atoms with Crippen LogP contribution >= 0.6 is 0 Å². The Hall–Kier alpha value is -1.93. The minimum atomic E-state index is -3.61. The summed E-state index contributed by atoms with van der Waals surface area (Å²) in [5.74, 6) is -0.698. The number of nitrogens with one attached hydrogen (secondary N) is 1. The van der Waals surface area contributed by atoms with E-state index < -0.39 is 21.5 Å². The molecule has 2 fully saturated rings. The van der Waals surface area contributed by atoms with Crippen LogP contribution < -0.4 is 10.2 Å². The van der Waals surface area contributed by atoms with Crippen LogP contribution in [0.15, 0.2) is 24.3 Å². The largest absolute Gasteiger partial charge is 0.351 e. The van der Waals surface area contributed by atoms with Crippen LogP contribution in [0, 0.1) is 6.92 Å². The number of sulfonamides is 1. The zero-order valence-corrected chi connectivity index (χ0v) is 17.6. The Morgan fingerprint density at radius 1 is 1.18 bits per heavy atom. The smallest absolute Gasteiger partial charge is 0.247 e. The summed E-state index contributed by atoms with van der Waals surface area (Å²) >= 11 is 0. The van der Waals surface area contributed by atoms with Crippen LogP contribution in [0.4, 0.5) is 5.69 Å². The van der Waals surface area contributed by atoms with Gasteiger partial charge in [0.05, 0.1) is 12.8 Å². The summed E-state index contributed by atoms with van der Waals surface area (Å²) in [5, 5.41) is 3.09. The Labute approximate surface area is 167 Å². The van der Waals surface area contributed by atoms with Crippen molar-refractivity contribution in [2.24, 2.45) is 0 Å². The summed E-state index contributed by atoms with van der Waals surface area (Å²) in [7, 11) is -3.61. The average molecular weight is 408 g/mol. The third kappa shape index (κ3) is 4.07. The maximum Gasteiger partial charge on any atom is 0.247 e. The lowest BCUT2D eigenvalue weighted by atomic mass is 9.91. The van der Waals surface area contributed by atoms with Crippen molar-refractivity contribution in [2.45, 2.75) is 57.5 Å². The SMILES string of the molecule is Cc1ccccc1N1C(=O)CN(S(C)(=O)=O)CC1(C)C(=O)NC1CCCCC1. The Kier molecular flexibility index (Phi) is 5.82. The van der Waals surface area contributed by atoms with Gasteiger partial charge in [-0.3, -0.25) is 14.5 Å². The highest BCUT2D eigenvalue weighted by atomic mass is 32.2. The van der Waals surface area contributed by atoms with Gasteiger partial charge in [-0.05, 0) is 38.3 Å². The molecule has 154 valence electrons. The fourth-order valence-corrected chi connectivity index (χ4v) is 5.01. The van der Waals surface area contributed by atoms with E-state index >= 15 is 0 Å². The molecule has 0 bridgehead atoms. The molecule has 28 heavy (non-hydrogen) atoms. The van der Waals surface area contributed by atoms with Gasteiger partial charge in [0, 0.05) is 18.3 Å². The summed E-state index contributed by atoms with van der Waals surface area (Å²) in [5.41, 5.74) is 0.185. The van der Waals surface area contributed by atoms with E-state index in [1.165, 1.54) is 11.3 Å². The number of amides is 2. The molecule has 8 heteroatoms. The molecule has 1 unspecified atom stereocenters. The summed E-state index contributed by atoms with van der Waals surface area (Å²) in [6, 6.07) is 7.44. The Morgan fingerprint density at radius 2 is 1.82 bits per heavy atom. The molecule has 2 amide bonds. The van der Waals surface area contributed by atoms with E-state index in [1.54, 1.807) is 13.0 Å². The molecule has 1 aromatic rings. The van der Waals surface area contributed by atoms with Crippen molar-refractivity contribution in [3.8, 4) is 0 Å². The van der Waals surface area contributed by atoms with E-state index in [4.69, 9.17) is 0 Å². The van der Waals surface area contributed by atoms with Gasteiger partial charge in [0.2, 0.25) is 21.8 Å². The first-order chi connectivity index (χ1) is 13.1. The van der Waals surface area contributed by atoms with Crippen LogP contribution in [-0.2, 0) is 19.6 Å². The van der Waals surface area contributed by atoms with Crippen LogP contribution in [-0.4, -0.2) is 55.5 Å². The summed E-state index contributed by atoms with van der Waals surface area (Å²) < 4.78 is 25.4. The van der Waals surface area contributed by atoms with Crippen LogP contribution in [0.2, 0.25) is 0 Å². The fourth-order valence-electron chi connectivity index (χ4n) is 4.18. The standard InChI is InChI=1S/C20H29N3O4S/c1-15-9-7-8-12-17(15)23-18(24)13-22(28(3,26)27)14-20(23,2)19(25)21-16-10-5-4-6-11-16/h7-9,12,16H,4-6,10-11,13-14H2,1-3H3,(H,21,25). The molecular formula is C20H29N3O4S. The molecular weight excluding hydrogens is 378 g/mol. The number of hydrogen-bond donors (Lipinski definition) is 1. The van der Waals surface area contributed by atoms with Crippen molar-refractivity contribution >= 4 is 27.5 Å². The predicted octanol–water partition coefficient (Wildman–Crippen LogP) is 1.81. The van der Waals surface area contributed by atoms with Crippen LogP contribution in [0.25, 0.3) is 0 Å². The molecule has 7 nitrogen and oxygen atoms in total. The number of carbonyl (C=O) groups is 2. The van der Waals surface area contributed by atoms with Crippen LogP contribution in [0.3, 0.4) is 0 Å². The summed E-state index contributed by atoms with van der Waals surface area (Å²) in [6.07, 6.45) is 6.20. The zero-order valence-electron chi connectivity index (χ0n) is 16.8. The van der Waals surface area contributed by atoms with Crippen molar-refractivity contribution in [3.05, 3.63) is 29.8 Å². The molecule has 2 aliphatic rings. The van der Waals surface area contributed by atoms with Crippen molar-refractivity contribution in [1.82, 2.24) is 9.62 Å². The van der Waals surface area contributed by atoms with Gasteiger partial charge in [0.15, 0.2) is 0 Å². The number of anilines is 1. The molecule has 1 saturated carbocycles. The van der Waals surface area contributed by atoms with Gasteiger partial charge in [-0.25, -0.2) is 8.42 Å². The molecule has 1 atom stereocenters. The number of hydrogen-bond acceptors (Lipinski definition) is 4. The number of para-hydroxylation sites is 1. The molecule has 0 aromatic heterocycles. The number of benzene rings is 1. The second-order valence-electron chi connectivity index (χ2n) is 8.13. The highest BCUT2D eigenvalue weighted by Gasteiger charge is 2.50. The minimum Gasteiger partial charge on any atom is -0.351 e. The Morgan fingerprint density at radius 3 is 2.43 bits per heavy atom. The molecule has 1 aliphatic heterocycles. The first kappa shape index (κ1) is 20.8. The number of carbonyl (C=O) groups excluding carboxylic acids is 2. The molecule has 3 rings (SSSR count). The Balaban J connectivity index is 1.99. The third-order valence-corrected chi connectivity index (χ3v) is 6.99. The lowest BCUT2D eigenvalue weighted by molar-refractivity contribution is -0.133.